The van der Waals surface area contributed by atoms with Crippen molar-refractivity contribution in [2.24, 2.45) is 0 Å². The third kappa shape index (κ3) is 6.42. The summed E-state index contributed by atoms with van der Waals surface area (Å²) in [6, 6.07) is 12.5. The lowest BCUT2D eigenvalue weighted by Crippen LogP contribution is -2.40. The third-order valence-electron chi connectivity index (χ3n) is 7.27. The van der Waals surface area contributed by atoms with E-state index in [0.717, 1.165) is 43.0 Å². The van der Waals surface area contributed by atoms with Crippen LogP contribution in [-0.2, 0) is 6.54 Å². The van der Waals surface area contributed by atoms with Gasteiger partial charge in [0.25, 0.3) is 0 Å². The molecular weight excluding hydrogens is 509 g/mol. The molecule has 0 bridgehead atoms. The summed E-state index contributed by atoms with van der Waals surface area (Å²) in [7, 11) is 1.43. The largest absolute Gasteiger partial charge is 0.495 e. The number of halogens is 3. The zero-order valence-electron chi connectivity index (χ0n) is 21.6. The Morgan fingerprint density at radius 3 is 2.54 bits per heavy atom. The van der Waals surface area contributed by atoms with E-state index in [2.05, 4.69) is 27.4 Å². The van der Waals surface area contributed by atoms with E-state index in [0.29, 0.717) is 17.0 Å². The monoisotopic (exact) mass is 540 g/mol. The number of nitrogens with zero attached hydrogens (tertiary/aromatic N) is 2. The lowest BCUT2D eigenvalue weighted by atomic mass is 10.0. The zero-order valence-corrected chi connectivity index (χ0v) is 21.6. The van der Waals surface area contributed by atoms with Crippen molar-refractivity contribution >= 4 is 28.2 Å². The van der Waals surface area contributed by atoms with E-state index in [1.807, 2.05) is 6.07 Å². The molecule has 2 aromatic carbocycles. The van der Waals surface area contributed by atoms with E-state index in [-0.39, 0.29) is 23.8 Å². The second-order valence-electron chi connectivity index (χ2n) is 10.0. The fourth-order valence-electron chi connectivity index (χ4n) is 5.18. The van der Waals surface area contributed by atoms with Crippen LogP contribution in [0.1, 0.15) is 41.7 Å². The van der Waals surface area contributed by atoms with Crippen LogP contribution in [0, 0.1) is 11.8 Å². The molecule has 2 heterocycles. The van der Waals surface area contributed by atoms with Crippen molar-refractivity contribution < 1.29 is 27.8 Å². The van der Waals surface area contributed by atoms with Gasteiger partial charge in [-0.15, -0.1) is 0 Å². The van der Waals surface area contributed by atoms with Crippen LogP contribution in [0.4, 0.5) is 24.5 Å². The summed E-state index contributed by atoms with van der Waals surface area (Å²) in [6.45, 7) is 1.07. The first kappa shape index (κ1) is 26.8. The molecular formula is C29H31F3N4O3. The molecule has 10 heteroatoms. The van der Waals surface area contributed by atoms with E-state index in [4.69, 9.17) is 9.84 Å². The van der Waals surface area contributed by atoms with Gasteiger partial charge in [0.05, 0.1) is 36.1 Å². The number of carboxylic acid groups (broad SMARTS) is 1. The molecule has 1 aliphatic heterocycles. The molecule has 1 saturated heterocycles. The minimum absolute atomic E-state index is 0.0815. The van der Waals surface area contributed by atoms with Crippen LogP contribution in [0.15, 0.2) is 42.5 Å². The molecule has 3 aromatic rings. The Morgan fingerprint density at radius 1 is 1.10 bits per heavy atom. The summed E-state index contributed by atoms with van der Waals surface area (Å²) in [4.78, 5) is 13.7. The van der Waals surface area contributed by atoms with E-state index < -0.39 is 18.7 Å². The molecule has 0 amide bonds. The highest BCUT2D eigenvalue weighted by Gasteiger charge is 2.32. The van der Waals surface area contributed by atoms with Crippen LogP contribution < -0.4 is 15.4 Å². The van der Waals surface area contributed by atoms with Gasteiger partial charge >= 0.3 is 12.1 Å². The number of benzene rings is 2. The molecule has 7 nitrogen and oxygen atoms in total. The van der Waals surface area contributed by atoms with Crippen molar-refractivity contribution in [2.45, 2.75) is 50.5 Å². The summed E-state index contributed by atoms with van der Waals surface area (Å²) < 4.78 is 47.1. The second kappa shape index (κ2) is 11.1. The SMILES string of the molecule is COc1cc(C(=O)O)ccc1NCC#Cc1cc2c(NC3CCN(C4CC4)CC3)cccc2n1CC(F)(F)F. The number of carbonyl (C=O) groups is 1. The molecule has 0 spiro atoms. The number of fused-ring (bicyclic) bond motifs is 1. The first-order valence-electron chi connectivity index (χ1n) is 13.1. The number of carboxylic acids is 1. The standard InChI is InChI=1S/C29H31F3N4O3/c1-39-27-16-19(28(37)38)7-10-25(27)33-13-3-4-22-17-23-24(5-2-6-26(23)36(22)18-29(30,31)32)34-20-11-14-35(15-12-20)21-8-9-21/h2,5-7,10,16-17,20-21,33-34H,8-9,11-15,18H2,1H3,(H,37,38). The van der Waals surface area contributed by atoms with Crippen LogP contribution in [0.3, 0.4) is 0 Å². The topological polar surface area (TPSA) is 78.8 Å². The van der Waals surface area contributed by atoms with Crippen LogP contribution in [0.5, 0.6) is 5.75 Å². The number of piperidine rings is 1. The van der Waals surface area contributed by atoms with Gasteiger partial charge in [-0.3, -0.25) is 0 Å². The lowest BCUT2D eigenvalue weighted by Gasteiger charge is -2.33. The maximum absolute atomic E-state index is 13.5. The van der Waals surface area contributed by atoms with Crippen molar-refractivity contribution in [3.63, 3.8) is 0 Å². The van der Waals surface area contributed by atoms with Crippen LogP contribution in [0.2, 0.25) is 0 Å². The van der Waals surface area contributed by atoms with Crippen molar-refractivity contribution in [2.75, 3.05) is 37.4 Å². The number of methoxy groups -OCH3 is 1. The zero-order chi connectivity index (χ0) is 27.6. The Morgan fingerprint density at radius 2 is 1.87 bits per heavy atom. The number of nitrogens with one attached hydrogen (secondary N) is 2. The van der Waals surface area contributed by atoms with Gasteiger partial charge in [0.15, 0.2) is 0 Å². The second-order valence-corrected chi connectivity index (χ2v) is 10.0. The minimum atomic E-state index is -4.40. The number of aromatic nitrogens is 1. The molecule has 1 aromatic heterocycles. The van der Waals surface area contributed by atoms with Gasteiger partial charge < -0.3 is 29.9 Å². The van der Waals surface area contributed by atoms with Gasteiger partial charge in [-0.05, 0) is 68.0 Å². The summed E-state index contributed by atoms with van der Waals surface area (Å²) in [5.41, 5.74) is 2.19. The van der Waals surface area contributed by atoms with Gasteiger partial charge in [-0.2, -0.15) is 13.2 Å². The van der Waals surface area contributed by atoms with Crippen molar-refractivity contribution in [1.29, 1.82) is 0 Å². The van der Waals surface area contributed by atoms with Gasteiger partial charge in [0, 0.05) is 36.2 Å². The normalized spacial score (nSPS) is 16.5. The molecule has 1 aliphatic carbocycles. The Labute approximate surface area is 224 Å². The highest BCUT2D eigenvalue weighted by atomic mass is 19.4. The van der Waals surface area contributed by atoms with Crippen molar-refractivity contribution in [3.8, 4) is 17.6 Å². The fraction of sp³-hybridized carbons (Fsp3) is 0.414. The Balaban J connectivity index is 1.35. The third-order valence-corrected chi connectivity index (χ3v) is 7.27. The van der Waals surface area contributed by atoms with Gasteiger partial charge in [-0.1, -0.05) is 12.0 Å². The van der Waals surface area contributed by atoms with E-state index in [1.165, 1.54) is 36.7 Å². The average Bonchev–Trinajstić information content (AvgIpc) is 3.70. The molecule has 1 saturated carbocycles. The Hall–Kier alpha value is -3.84. The number of rotatable bonds is 8. The van der Waals surface area contributed by atoms with E-state index in [9.17, 15) is 18.0 Å². The molecule has 3 N–H and O–H groups in total. The predicted octanol–water partition coefficient (Wildman–Crippen LogP) is 5.41. The number of likely N-dealkylation sites (tertiary alicyclic amines) is 1. The highest BCUT2D eigenvalue weighted by Crippen LogP contribution is 2.33. The number of hydrogen-bond acceptors (Lipinski definition) is 5. The van der Waals surface area contributed by atoms with Gasteiger partial charge in [-0.25, -0.2) is 4.79 Å². The average molecular weight is 541 g/mol. The molecule has 0 radical (unpaired) electrons. The molecule has 206 valence electrons. The first-order chi connectivity index (χ1) is 18.7. The highest BCUT2D eigenvalue weighted by molar-refractivity contribution is 5.94. The predicted molar refractivity (Wildman–Crippen MR) is 145 cm³/mol. The van der Waals surface area contributed by atoms with E-state index >= 15 is 0 Å². The van der Waals surface area contributed by atoms with Crippen molar-refractivity contribution in [3.05, 3.63) is 53.7 Å². The van der Waals surface area contributed by atoms with Gasteiger partial charge in [0.1, 0.15) is 12.3 Å². The van der Waals surface area contributed by atoms with Crippen LogP contribution in [-0.4, -0.2) is 65.5 Å². The van der Waals surface area contributed by atoms with E-state index in [1.54, 1.807) is 24.3 Å². The number of alkyl halides is 3. The molecule has 2 fully saturated rings. The molecule has 0 atom stereocenters. The van der Waals surface area contributed by atoms with Crippen molar-refractivity contribution in [1.82, 2.24) is 9.47 Å². The van der Waals surface area contributed by atoms with Crippen LogP contribution >= 0.6 is 0 Å². The number of anilines is 2. The lowest BCUT2D eigenvalue weighted by molar-refractivity contribution is -0.140. The first-order valence-corrected chi connectivity index (χ1v) is 13.1. The molecule has 5 rings (SSSR count). The summed E-state index contributed by atoms with van der Waals surface area (Å²) in [6.07, 6.45) is 0.178. The number of hydrogen-bond donors (Lipinski definition) is 3. The summed E-state index contributed by atoms with van der Waals surface area (Å²) >= 11 is 0. The number of ether oxygens (including phenoxy) is 1. The number of aromatic carboxylic acids is 1. The fourth-order valence-corrected chi connectivity index (χ4v) is 5.18. The summed E-state index contributed by atoms with van der Waals surface area (Å²) in [5.74, 6) is 5.06. The maximum atomic E-state index is 13.5. The minimum Gasteiger partial charge on any atom is -0.495 e. The molecule has 39 heavy (non-hydrogen) atoms. The van der Waals surface area contributed by atoms with Crippen LogP contribution in [0.25, 0.3) is 10.9 Å². The van der Waals surface area contributed by atoms with Gasteiger partial charge in [0.2, 0.25) is 0 Å². The Kier molecular flexibility index (Phi) is 7.62. The molecule has 2 aliphatic rings. The molecule has 0 unspecified atom stereocenters. The smallest absolute Gasteiger partial charge is 0.406 e. The summed E-state index contributed by atoms with van der Waals surface area (Å²) in [5, 5.41) is 16.5. The Bertz CT molecular complexity index is 1410. The quantitative estimate of drug-likeness (QED) is 0.332. The maximum Gasteiger partial charge on any atom is 0.406 e.